The molecule has 0 aromatic heterocycles. The van der Waals surface area contributed by atoms with Gasteiger partial charge in [0.1, 0.15) is 11.9 Å². The maximum atomic E-state index is 13.0. The SMILES string of the molecule is CCCCCCCCCCSSSCC(CC)OC(=O)CCN(C)CCCN(C)CCC(=O)C1CC1C(CC)CSSSCCCCCCCCCC. The third-order valence-corrected chi connectivity index (χ3v) is 19.3. The Morgan fingerprint density at radius 2 is 1.08 bits per heavy atom. The molecule has 5 nitrogen and oxygen atoms in total. The second kappa shape index (κ2) is 37.4. The number of esters is 1. The first-order valence-corrected chi connectivity index (χ1v) is 29.4. The lowest BCUT2D eigenvalue weighted by Crippen LogP contribution is -2.29. The zero-order chi connectivity index (χ0) is 38.8. The van der Waals surface area contributed by atoms with Gasteiger partial charge >= 0.3 is 5.97 Å². The van der Waals surface area contributed by atoms with Gasteiger partial charge in [0.2, 0.25) is 0 Å². The molecule has 0 N–H and O–H groups in total. The average Bonchev–Trinajstić information content (AvgIpc) is 3.96. The summed E-state index contributed by atoms with van der Waals surface area (Å²) >= 11 is 0. The lowest BCUT2D eigenvalue weighted by molar-refractivity contribution is -0.148. The van der Waals surface area contributed by atoms with E-state index in [0.717, 1.165) is 51.2 Å². The number of carbonyl (C=O) groups excluding carboxylic acids is 2. The van der Waals surface area contributed by atoms with Crippen molar-refractivity contribution in [1.29, 1.82) is 0 Å². The van der Waals surface area contributed by atoms with Gasteiger partial charge in [-0.3, -0.25) is 9.59 Å². The van der Waals surface area contributed by atoms with Crippen LogP contribution in [0.15, 0.2) is 0 Å². The molecule has 0 aromatic carbocycles. The number of nitrogens with zero attached hydrogens (tertiary/aromatic N) is 2. The van der Waals surface area contributed by atoms with E-state index in [1.165, 1.54) is 126 Å². The summed E-state index contributed by atoms with van der Waals surface area (Å²) in [6.07, 6.45) is 27.4. The summed E-state index contributed by atoms with van der Waals surface area (Å²) in [6.45, 7) is 12.5. The van der Waals surface area contributed by atoms with Gasteiger partial charge in [0, 0.05) is 48.4 Å². The minimum Gasteiger partial charge on any atom is -0.461 e. The number of ether oxygens (including phenoxy) is 1. The zero-order valence-corrected chi connectivity index (χ0v) is 40.0. The first-order chi connectivity index (χ1) is 25.9. The largest absolute Gasteiger partial charge is 0.461 e. The molecule has 0 amide bonds. The number of hydrogen-bond acceptors (Lipinski definition) is 11. The predicted octanol–water partition coefficient (Wildman–Crippen LogP) is 13.9. The number of carbonyl (C=O) groups is 2. The van der Waals surface area contributed by atoms with E-state index in [9.17, 15) is 9.59 Å². The Morgan fingerprint density at radius 3 is 1.58 bits per heavy atom. The molecule has 0 aliphatic heterocycles. The summed E-state index contributed by atoms with van der Waals surface area (Å²) in [7, 11) is 15.9. The molecule has 314 valence electrons. The monoisotopic (exact) mass is 854 g/mol. The molecule has 53 heavy (non-hydrogen) atoms. The van der Waals surface area contributed by atoms with Gasteiger partial charge in [-0.2, -0.15) is 0 Å². The molecule has 0 saturated heterocycles. The quantitative estimate of drug-likeness (QED) is 0.0336. The van der Waals surface area contributed by atoms with Gasteiger partial charge in [0.15, 0.2) is 0 Å². The highest BCUT2D eigenvalue weighted by atomic mass is 33.5. The van der Waals surface area contributed by atoms with E-state index in [-0.39, 0.29) is 12.1 Å². The van der Waals surface area contributed by atoms with Crippen molar-refractivity contribution in [1.82, 2.24) is 9.80 Å². The van der Waals surface area contributed by atoms with E-state index in [1.54, 1.807) is 0 Å². The Labute approximate surface area is 352 Å². The van der Waals surface area contributed by atoms with Gasteiger partial charge < -0.3 is 14.5 Å². The van der Waals surface area contributed by atoms with Crippen LogP contribution >= 0.6 is 62.8 Å². The third-order valence-electron chi connectivity index (χ3n) is 10.5. The highest BCUT2D eigenvalue weighted by Crippen LogP contribution is 2.49. The van der Waals surface area contributed by atoms with Gasteiger partial charge in [-0.05, 0) is 90.8 Å². The molecule has 0 heterocycles. The van der Waals surface area contributed by atoms with E-state index < -0.39 is 0 Å². The second-order valence-corrected chi connectivity index (χ2v) is 24.2. The summed E-state index contributed by atoms with van der Waals surface area (Å²) in [5.41, 5.74) is 0. The number of hydrogen-bond donors (Lipinski definition) is 0. The summed E-state index contributed by atoms with van der Waals surface area (Å²) in [4.78, 5) is 30.1. The van der Waals surface area contributed by atoms with Crippen LogP contribution in [0.1, 0.15) is 169 Å². The molecule has 0 bridgehead atoms. The lowest BCUT2D eigenvalue weighted by Gasteiger charge is -2.21. The van der Waals surface area contributed by atoms with Crippen molar-refractivity contribution in [3.05, 3.63) is 0 Å². The Hall–Kier alpha value is 1.16. The van der Waals surface area contributed by atoms with Crippen LogP contribution in [0.3, 0.4) is 0 Å². The summed E-state index contributed by atoms with van der Waals surface area (Å²) in [6, 6.07) is 0. The van der Waals surface area contributed by atoms with Crippen molar-refractivity contribution in [2.75, 3.05) is 63.3 Å². The number of ketones is 1. The van der Waals surface area contributed by atoms with E-state index >= 15 is 0 Å². The fourth-order valence-corrected chi connectivity index (χ4v) is 15.1. The molecular formula is C42H82N2O3S6. The van der Waals surface area contributed by atoms with Crippen LogP contribution in [-0.2, 0) is 14.3 Å². The van der Waals surface area contributed by atoms with Crippen molar-refractivity contribution in [2.45, 2.75) is 175 Å². The first kappa shape index (κ1) is 52.2. The Bertz CT molecular complexity index is 860. The molecule has 0 aromatic rings. The minimum atomic E-state index is -0.0782. The Kier molecular flexibility index (Phi) is 36.9. The molecule has 1 fully saturated rings. The van der Waals surface area contributed by atoms with Crippen molar-refractivity contribution >= 4 is 74.6 Å². The summed E-state index contributed by atoms with van der Waals surface area (Å²) in [5, 5.41) is 0. The van der Waals surface area contributed by atoms with Crippen molar-refractivity contribution in [3.8, 4) is 0 Å². The molecule has 4 atom stereocenters. The molecule has 0 spiro atoms. The van der Waals surface area contributed by atoms with Crippen LogP contribution in [0.25, 0.3) is 0 Å². The van der Waals surface area contributed by atoms with Crippen molar-refractivity contribution < 1.29 is 14.3 Å². The topological polar surface area (TPSA) is 49.9 Å². The van der Waals surface area contributed by atoms with Gasteiger partial charge in [-0.25, -0.2) is 0 Å². The maximum Gasteiger partial charge on any atom is 0.307 e. The molecule has 1 rings (SSSR count). The molecule has 1 aliphatic carbocycles. The fraction of sp³-hybridized carbons (Fsp3) is 0.952. The van der Waals surface area contributed by atoms with Gasteiger partial charge in [0.25, 0.3) is 0 Å². The van der Waals surface area contributed by atoms with Crippen LogP contribution in [0.5, 0.6) is 0 Å². The van der Waals surface area contributed by atoms with Crippen LogP contribution in [0.2, 0.25) is 0 Å². The van der Waals surface area contributed by atoms with Crippen LogP contribution in [-0.4, -0.2) is 90.9 Å². The van der Waals surface area contributed by atoms with Crippen molar-refractivity contribution in [2.24, 2.45) is 17.8 Å². The standard InChI is InChI=1S/C42H82N2O3S6/c1-7-11-13-15-17-19-21-23-32-48-52-50-35-37(9-3)39-34-40(39)41(45)26-30-43(5)28-25-29-44(6)31-27-42(46)47-38(10-4)36-51-53-49-33-24-22-20-18-16-14-12-8-2/h37-40H,7-36H2,1-6H3. The Morgan fingerprint density at radius 1 is 0.585 bits per heavy atom. The van der Waals surface area contributed by atoms with Crippen LogP contribution in [0, 0.1) is 17.8 Å². The number of rotatable bonds is 41. The van der Waals surface area contributed by atoms with Crippen LogP contribution in [0.4, 0.5) is 0 Å². The molecule has 1 saturated carbocycles. The second-order valence-electron chi connectivity index (χ2n) is 15.4. The van der Waals surface area contributed by atoms with E-state index in [0.29, 0.717) is 36.4 Å². The number of Topliss-reactive ketones (excluding diaryl/α,β-unsaturated/α-hetero) is 1. The molecule has 4 unspecified atom stereocenters. The van der Waals surface area contributed by atoms with E-state index in [2.05, 4.69) is 51.6 Å². The first-order valence-electron chi connectivity index (χ1n) is 21.8. The van der Waals surface area contributed by atoms with Crippen LogP contribution < -0.4 is 0 Å². The zero-order valence-electron chi connectivity index (χ0n) is 35.1. The van der Waals surface area contributed by atoms with Gasteiger partial charge in [0.05, 0.1) is 6.42 Å². The lowest BCUT2D eigenvalue weighted by atomic mass is 9.99. The summed E-state index contributed by atoms with van der Waals surface area (Å²) < 4.78 is 5.80. The van der Waals surface area contributed by atoms with E-state index in [4.69, 9.17) is 4.74 Å². The highest BCUT2D eigenvalue weighted by molar-refractivity contribution is 9.09. The predicted molar refractivity (Wildman–Crippen MR) is 250 cm³/mol. The minimum absolute atomic E-state index is 0.000341. The molecule has 0 radical (unpaired) electrons. The third kappa shape index (κ3) is 30.8. The molecule has 11 heteroatoms. The Balaban J connectivity index is 2.03. The van der Waals surface area contributed by atoms with Crippen molar-refractivity contribution in [3.63, 3.8) is 0 Å². The number of unbranched alkanes of at least 4 members (excludes halogenated alkanes) is 14. The normalized spacial score (nSPS) is 16.8. The highest BCUT2D eigenvalue weighted by Gasteiger charge is 2.46. The smallest absolute Gasteiger partial charge is 0.307 e. The van der Waals surface area contributed by atoms with Gasteiger partial charge in [-0.15, -0.1) is 0 Å². The summed E-state index contributed by atoms with van der Waals surface area (Å²) in [5.74, 6) is 6.53. The van der Waals surface area contributed by atoms with Gasteiger partial charge in [-0.1, -0.05) is 167 Å². The fourth-order valence-electron chi connectivity index (χ4n) is 6.68. The van der Waals surface area contributed by atoms with E-state index in [1.807, 2.05) is 62.8 Å². The maximum absolute atomic E-state index is 13.0. The average molecular weight is 856 g/mol. The molecule has 1 aliphatic rings. The molecular weight excluding hydrogens is 773 g/mol.